The molecule has 1 fully saturated rings. The Morgan fingerprint density at radius 1 is 1.25 bits per heavy atom. The highest BCUT2D eigenvalue weighted by molar-refractivity contribution is 14.1. The Hall–Kier alpha value is 0.650. The van der Waals surface area contributed by atoms with Crippen LogP contribution in [0.2, 0.25) is 0 Å². The highest BCUT2D eigenvalue weighted by Crippen LogP contribution is 2.26. The average Bonchev–Trinajstić information content (AvgIpc) is 2.09. The van der Waals surface area contributed by atoms with Gasteiger partial charge in [0.25, 0.3) is 0 Å². The Kier molecular flexibility index (Phi) is 5.50. The van der Waals surface area contributed by atoms with Gasteiger partial charge < -0.3 is 9.47 Å². The third-order valence-electron chi connectivity index (χ3n) is 2.24. The van der Waals surface area contributed by atoms with Gasteiger partial charge in [-0.25, -0.2) is 0 Å². The zero-order valence-corrected chi connectivity index (χ0v) is 9.75. The molecule has 0 saturated heterocycles. The van der Waals surface area contributed by atoms with Gasteiger partial charge in [-0.2, -0.15) is 0 Å². The van der Waals surface area contributed by atoms with Crippen LogP contribution in [-0.4, -0.2) is 30.4 Å². The molecule has 1 aliphatic carbocycles. The van der Waals surface area contributed by atoms with E-state index in [4.69, 9.17) is 9.47 Å². The maximum atomic E-state index is 5.70. The van der Waals surface area contributed by atoms with Crippen LogP contribution in [0.4, 0.5) is 0 Å². The summed E-state index contributed by atoms with van der Waals surface area (Å²) in [5.41, 5.74) is 0. The van der Waals surface area contributed by atoms with Crippen LogP contribution in [-0.2, 0) is 9.47 Å². The first-order valence-electron chi connectivity index (χ1n) is 4.59. The van der Waals surface area contributed by atoms with Crippen LogP contribution in [0.15, 0.2) is 0 Å². The fourth-order valence-electron chi connectivity index (χ4n) is 1.52. The lowest BCUT2D eigenvalue weighted by atomic mass is 9.98. The van der Waals surface area contributed by atoms with E-state index in [0.29, 0.717) is 10.0 Å². The fraction of sp³-hybridized carbons (Fsp3) is 1.00. The number of ether oxygens (including phenoxy) is 2. The van der Waals surface area contributed by atoms with Crippen molar-refractivity contribution in [1.82, 2.24) is 0 Å². The minimum absolute atomic E-state index is 0.481. The van der Waals surface area contributed by atoms with Crippen molar-refractivity contribution in [3.63, 3.8) is 0 Å². The first-order valence-corrected chi connectivity index (χ1v) is 5.83. The van der Waals surface area contributed by atoms with Crippen LogP contribution in [0.1, 0.15) is 25.7 Å². The summed E-state index contributed by atoms with van der Waals surface area (Å²) in [4.78, 5) is 0. The minimum Gasteiger partial charge on any atom is -0.382 e. The lowest BCUT2D eigenvalue weighted by molar-refractivity contribution is 0.00584. The first-order chi connectivity index (χ1) is 5.84. The molecule has 0 amide bonds. The minimum atomic E-state index is 0.481. The molecular weight excluding hydrogens is 267 g/mol. The maximum absolute atomic E-state index is 5.70. The van der Waals surface area contributed by atoms with E-state index in [9.17, 15) is 0 Å². The summed E-state index contributed by atoms with van der Waals surface area (Å²) in [6.07, 6.45) is 5.74. The Morgan fingerprint density at radius 2 is 2.00 bits per heavy atom. The van der Waals surface area contributed by atoms with Gasteiger partial charge in [-0.1, -0.05) is 35.4 Å². The summed E-state index contributed by atoms with van der Waals surface area (Å²) in [7, 11) is 1.71. The van der Waals surface area contributed by atoms with E-state index in [-0.39, 0.29) is 0 Å². The highest BCUT2D eigenvalue weighted by Gasteiger charge is 2.22. The molecule has 12 heavy (non-hydrogen) atoms. The number of alkyl halides is 1. The smallest absolute Gasteiger partial charge is 0.0704 e. The van der Waals surface area contributed by atoms with Gasteiger partial charge in [0.05, 0.1) is 19.3 Å². The van der Waals surface area contributed by atoms with Crippen LogP contribution in [0.3, 0.4) is 0 Å². The number of halogens is 1. The van der Waals surface area contributed by atoms with Crippen molar-refractivity contribution in [2.75, 3.05) is 20.3 Å². The van der Waals surface area contributed by atoms with E-state index in [1.807, 2.05) is 0 Å². The molecule has 0 radical (unpaired) electrons. The fourth-order valence-corrected chi connectivity index (χ4v) is 2.53. The predicted molar refractivity (Wildman–Crippen MR) is 57.9 cm³/mol. The zero-order valence-electron chi connectivity index (χ0n) is 7.59. The average molecular weight is 284 g/mol. The van der Waals surface area contributed by atoms with Gasteiger partial charge in [-0.15, -0.1) is 0 Å². The van der Waals surface area contributed by atoms with Crippen molar-refractivity contribution in [1.29, 1.82) is 0 Å². The summed E-state index contributed by atoms with van der Waals surface area (Å²) >= 11 is 2.50. The molecular formula is C9H17IO2. The number of hydrogen-bond acceptors (Lipinski definition) is 2. The molecule has 0 aromatic rings. The molecule has 1 saturated carbocycles. The Labute approximate surface area is 88.1 Å². The zero-order chi connectivity index (χ0) is 8.81. The van der Waals surface area contributed by atoms with Crippen LogP contribution in [0.25, 0.3) is 0 Å². The highest BCUT2D eigenvalue weighted by atomic mass is 127. The van der Waals surface area contributed by atoms with E-state index in [1.165, 1.54) is 25.7 Å². The van der Waals surface area contributed by atoms with Crippen molar-refractivity contribution < 1.29 is 9.47 Å². The van der Waals surface area contributed by atoms with Crippen molar-refractivity contribution >= 4 is 22.6 Å². The summed E-state index contributed by atoms with van der Waals surface area (Å²) in [6, 6.07) is 0. The number of methoxy groups -OCH3 is 1. The Bertz CT molecular complexity index is 119. The van der Waals surface area contributed by atoms with E-state index >= 15 is 0 Å². The molecule has 72 valence electrons. The Morgan fingerprint density at radius 3 is 2.67 bits per heavy atom. The molecule has 0 heterocycles. The molecule has 3 heteroatoms. The Balaban J connectivity index is 2.11. The summed E-state index contributed by atoms with van der Waals surface area (Å²) in [5.74, 6) is 0. The first kappa shape index (κ1) is 10.7. The van der Waals surface area contributed by atoms with E-state index in [0.717, 1.165) is 13.2 Å². The van der Waals surface area contributed by atoms with Gasteiger partial charge in [-0.05, 0) is 12.8 Å². The second-order valence-electron chi connectivity index (χ2n) is 3.20. The molecule has 1 rings (SSSR count). The van der Waals surface area contributed by atoms with Gasteiger partial charge in [0.2, 0.25) is 0 Å². The second-order valence-corrected chi connectivity index (χ2v) is 4.80. The predicted octanol–water partition coefficient (Wildman–Crippen LogP) is 2.40. The van der Waals surface area contributed by atoms with E-state index in [1.54, 1.807) is 7.11 Å². The van der Waals surface area contributed by atoms with Crippen molar-refractivity contribution in [3.8, 4) is 0 Å². The van der Waals surface area contributed by atoms with Crippen molar-refractivity contribution in [3.05, 3.63) is 0 Å². The van der Waals surface area contributed by atoms with Gasteiger partial charge in [-0.3, -0.25) is 0 Å². The van der Waals surface area contributed by atoms with E-state index in [2.05, 4.69) is 22.6 Å². The standard InChI is InChI=1S/C9H17IO2/c1-11-6-7-12-9-5-3-2-4-8(9)10/h8-9H,2-7H2,1H3/t8-,9-/m0/s1. The second kappa shape index (κ2) is 6.16. The molecule has 0 bridgehead atoms. The molecule has 0 unspecified atom stereocenters. The SMILES string of the molecule is COCCO[C@H]1CCCC[C@@H]1I. The van der Waals surface area contributed by atoms with Gasteiger partial charge in [0, 0.05) is 11.0 Å². The molecule has 0 N–H and O–H groups in total. The van der Waals surface area contributed by atoms with Gasteiger partial charge in [0.1, 0.15) is 0 Å². The molecule has 2 nitrogen and oxygen atoms in total. The van der Waals surface area contributed by atoms with Crippen LogP contribution >= 0.6 is 22.6 Å². The number of hydrogen-bond donors (Lipinski definition) is 0. The molecule has 2 atom stereocenters. The van der Waals surface area contributed by atoms with Gasteiger partial charge >= 0.3 is 0 Å². The summed E-state index contributed by atoms with van der Waals surface area (Å²) < 4.78 is 11.4. The molecule has 0 aliphatic heterocycles. The van der Waals surface area contributed by atoms with Crippen LogP contribution in [0.5, 0.6) is 0 Å². The van der Waals surface area contributed by atoms with Crippen LogP contribution < -0.4 is 0 Å². The largest absolute Gasteiger partial charge is 0.382 e. The summed E-state index contributed by atoms with van der Waals surface area (Å²) in [5, 5.41) is 0. The third kappa shape index (κ3) is 3.58. The monoisotopic (exact) mass is 284 g/mol. The molecule has 0 aromatic heterocycles. The lowest BCUT2D eigenvalue weighted by Crippen LogP contribution is -2.28. The third-order valence-corrected chi connectivity index (χ3v) is 3.67. The molecule has 0 aromatic carbocycles. The molecule has 0 spiro atoms. The number of rotatable bonds is 4. The topological polar surface area (TPSA) is 18.5 Å². The van der Waals surface area contributed by atoms with Crippen LogP contribution in [0, 0.1) is 0 Å². The van der Waals surface area contributed by atoms with Gasteiger partial charge in [0.15, 0.2) is 0 Å². The normalized spacial score (nSPS) is 30.5. The maximum Gasteiger partial charge on any atom is 0.0704 e. The lowest BCUT2D eigenvalue weighted by Gasteiger charge is -2.27. The van der Waals surface area contributed by atoms with Crippen molar-refractivity contribution in [2.24, 2.45) is 0 Å². The van der Waals surface area contributed by atoms with Crippen molar-refractivity contribution in [2.45, 2.75) is 35.7 Å². The van der Waals surface area contributed by atoms with E-state index < -0.39 is 0 Å². The molecule has 1 aliphatic rings. The quantitative estimate of drug-likeness (QED) is 0.448. The summed E-state index contributed by atoms with van der Waals surface area (Å²) in [6.45, 7) is 1.47.